The van der Waals surface area contributed by atoms with Gasteiger partial charge < -0.3 is 15.0 Å². The van der Waals surface area contributed by atoms with Crippen molar-refractivity contribution in [1.82, 2.24) is 15.2 Å². The molecule has 1 aliphatic rings. The second-order valence-electron chi connectivity index (χ2n) is 7.91. The lowest BCUT2D eigenvalue weighted by Gasteiger charge is -2.20. The van der Waals surface area contributed by atoms with E-state index in [0.29, 0.717) is 40.2 Å². The number of aromatic nitrogens is 3. The van der Waals surface area contributed by atoms with Crippen molar-refractivity contribution in [2.24, 2.45) is 0 Å². The predicted molar refractivity (Wildman–Crippen MR) is 113 cm³/mol. The number of aryl methyl sites for hydroxylation is 1. The molecule has 0 saturated carbocycles. The van der Waals surface area contributed by atoms with E-state index in [9.17, 15) is 17.6 Å². The second-order valence-corrected chi connectivity index (χ2v) is 7.91. The van der Waals surface area contributed by atoms with Crippen molar-refractivity contribution in [1.29, 1.82) is 0 Å². The average Bonchev–Trinajstić information content (AvgIpc) is 3.15. The Labute approximate surface area is 182 Å². The molecule has 1 fully saturated rings. The number of nitrogens with one attached hydrogen (secondary N) is 1. The van der Waals surface area contributed by atoms with E-state index in [4.69, 9.17) is 4.74 Å². The average molecular weight is 449 g/mol. The van der Waals surface area contributed by atoms with E-state index in [1.54, 1.807) is 26.1 Å². The first-order chi connectivity index (χ1) is 15.2. The van der Waals surface area contributed by atoms with Gasteiger partial charge in [-0.3, -0.25) is 4.98 Å². The van der Waals surface area contributed by atoms with Crippen LogP contribution in [0.25, 0.3) is 10.9 Å². The number of rotatable bonds is 5. The summed E-state index contributed by atoms with van der Waals surface area (Å²) in [5.74, 6) is 0.393. The largest absolute Gasteiger partial charge is 0.416 e. The molecule has 0 amide bonds. The zero-order valence-corrected chi connectivity index (χ0v) is 17.8. The number of fused-ring (bicyclic) bond motifs is 1. The molecule has 10 heteroatoms. The van der Waals surface area contributed by atoms with Gasteiger partial charge in [0.2, 0.25) is 0 Å². The van der Waals surface area contributed by atoms with Gasteiger partial charge in [0, 0.05) is 19.0 Å². The summed E-state index contributed by atoms with van der Waals surface area (Å²) in [5.41, 5.74) is 1.68. The minimum atomic E-state index is -4.42. The molecule has 3 atom stereocenters. The van der Waals surface area contributed by atoms with E-state index >= 15 is 0 Å². The summed E-state index contributed by atoms with van der Waals surface area (Å²) >= 11 is 0. The molecular formula is C22H23F4N5O. The highest BCUT2D eigenvalue weighted by molar-refractivity contribution is 5.92. The topological polar surface area (TPSA) is 63.2 Å². The first kappa shape index (κ1) is 22.2. The van der Waals surface area contributed by atoms with E-state index < -0.39 is 30.1 Å². The predicted octanol–water partition coefficient (Wildman–Crippen LogP) is 4.70. The number of benzene rings is 1. The van der Waals surface area contributed by atoms with Crippen LogP contribution in [0.5, 0.6) is 0 Å². The third-order valence-corrected chi connectivity index (χ3v) is 5.70. The third kappa shape index (κ3) is 4.32. The maximum atomic E-state index is 14.2. The zero-order chi connectivity index (χ0) is 23.0. The van der Waals surface area contributed by atoms with Crippen molar-refractivity contribution in [3.63, 3.8) is 0 Å². The summed E-state index contributed by atoms with van der Waals surface area (Å²) in [6.45, 7) is 4.10. The molecule has 1 saturated heterocycles. The minimum absolute atomic E-state index is 0.187. The van der Waals surface area contributed by atoms with Gasteiger partial charge in [-0.1, -0.05) is 12.1 Å². The van der Waals surface area contributed by atoms with Crippen LogP contribution in [0.15, 0.2) is 36.5 Å². The zero-order valence-electron chi connectivity index (χ0n) is 17.8. The van der Waals surface area contributed by atoms with Crippen molar-refractivity contribution < 1.29 is 22.3 Å². The maximum absolute atomic E-state index is 14.2. The smallest absolute Gasteiger partial charge is 0.377 e. The number of hydrogen-bond acceptors (Lipinski definition) is 6. The molecule has 170 valence electrons. The molecule has 3 heterocycles. The molecule has 0 bridgehead atoms. The molecule has 0 aliphatic carbocycles. The van der Waals surface area contributed by atoms with Crippen LogP contribution in [0, 0.1) is 6.92 Å². The van der Waals surface area contributed by atoms with E-state index in [2.05, 4.69) is 20.5 Å². The van der Waals surface area contributed by atoms with Crippen molar-refractivity contribution in [3.05, 3.63) is 53.3 Å². The number of nitrogens with zero attached hydrogens (tertiary/aromatic N) is 4. The van der Waals surface area contributed by atoms with Crippen LogP contribution in [-0.4, -0.2) is 47.7 Å². The molecule has 4 rings (SSSR count). The molecule has 0 spiro atoms. The Hall–Kier alpha value is -3.01. The van der Waals surface area contributed by atoms with E-state index in [-0.39, 0.29) is 6.54 Å². The molecule has 1 N–H and O–H groups in total. The fourth-order valence-corrected chi connectivity index (χ4v) is 3.87. The van der Waals surface area contributed by atoms with Crippen LogP contribution in [0.3, 0.4) is 0 Å². The monoisotopic (exact) mass is 449 g/mol. The second kappa shape index (κ2) is 8.50. The standard InChI is InChI=1S/C22H23F4N5O/c1-12(14-5-4-6-15(7-14)22(24,25)26)28-21-17-8-16(9-27-20(17)13(2)29-30-21)31-10-18(23)19(11-31)32-3/h4-9,12,18-19H,10-11H2,1-3H3,(H,28,30)/t12-,18?,19?/m1/s1. The van der Waals surface area contributed by atoms with Crippen molar-refractivity contribution >= 4 is 22.4 Å². The first-order valence-corrected chi connectivity index (χ1v) is 10.2. The van der Waals surface area contributed by atoms with Crippen LogP contribution >= 0.6 is 0 Å². The molecule has 6 nitrogen and oxygen atoms in total. The third-order valence-electron chi connectivity index (χ3n) is 5.70. The van der Waals surface area contributed by atoms with Gasteiger partial charge in [-0.25, -0.2) is 4.39 Å². The quantitative estimate of drug-likeness (QED) is 0.570. The maximum Gasteiger partial charge on any atom is 0.416 e. The van der Waals surface area contributed by atoms with E-state index in [0.717, 1.165) is 12.1 Å². The van der Waals surface area contributed by atoms with Crippen molar-refractivity contribution in [3.8, 4) is 0 Å². The number of hydrogen-bond donors (Lipinski definition) is 1. The summed E-state index contributed by atoms with van der Waals surface area (Å²) in [5, 5.41) is 12.2. The molecule has 32 heavy (non-hydrogen) atoms. The Morgan fingerprint density at radius 3 is 2.66 bits per heavy atom. The molecule has 0 radical (unpaired) electrons. The van der Waals surface area contributed by atoms with Crippen LogP contribution in [-0.2, 0) is 10.9 Å². The highest BCUT2D eigenvalue weighted by Crippen LogP contribution is 2.33. The number of alkyl halides is 4. The lowest BCUT2D eigenvalue weighted by Crippen LogP contribution is -2.23. The lowest BCUT2D eigenvalue weighted by atomic mass is 10.0. The van der Waals surface area contributed by atoms with Crippen LogP contribution < -0.4 is 10.2 Å². The number of anilines is 2. The summed E-state index contributed by atoms with van der Waals surface area (Å²) in [6.07, 6.45) is -4.38. The Bertz CT molecular complexity index is 1120. The van der Waals surface area contributed by atoms with Gasteiger partial charge in [-0.05, 0) is 37.6 Å². The van der Waals surface area contributed by atoms with Gasteiger partial charge in [0.15, 0.2) is 5.82 Å². The van der Waals surface area contributed by atoms with E-state index in [1.807, 2.05) is 11.0 Å². The summed E-state index contributed by atoms with van der Waals surface area (Å²) < 4.78 is 58.6. The number of pyridine rings is 1. The molecule has 2 unspecified atom stereocenters. The molecular weight excluding hydrogens is 426 g/mol. The number of ether oxygens (including phenoxy) is 1. The summed E-state index contributed by atoms with van der Waals surface area (Å²) in [7, 11) is 1.48. The van der Waals surface area contributed by atoms with Crippen LogP contribution in [0.2, 0.25) is 0 Å². The molecule has 2 aromatic heterocycles. The van der Waals surface area contributed by atoms with Crippen LogP contribution in [0.1, 0.15) is 29.8 Å². The summed E-state index contributed by atoms with van der Waals surface area (Å²) in [6, 6.07) is 6.52. The Morgan fingerprint density at radius 2 is 1.97 bits per heavy atom. The highest BCUT2D eigenvalue weighted by Gasteiger charge is 2.33. The Kier molecular flexibility index (Phi) is 5.89. The Balaban J connectivity index is 1.66. The Morgan fingerprint density at radius 1 is 1.19 bits per heavy atom. The van der Waals surface area contributed by atoms with Crippen LogP contribution in [0.4, 0.5) is 29.1 Å². The minimum Gasteiger partial charge on any atom is -0.377 e. The molecule has 3 aromatic rings. The van der Waals surface area contributed by atoms with Gasteiger partial charge in [0.25, 0.3) is 0 Å². The van der Waals surface area contributed by atoms with Crippen molar-refractivity contribution in [2.75, 3.05) is 30.4 Å². The van der Waals surface area contributed by atoms with Gasteiger partial charge in [0.1, 0.15) is 12.3 Å². The molecule has 1 aliphatic heterocycles. The number of halogens is 4. The van der Waals surface area contributed by atoms with E-state index in [1.165, 1.54) is 13.2 Å². The van der Waals surface area contributed by atoms with Gasteiger partial charge in [-0.15, -0.1) is 5.10 Å². The summed E-state index contributed by atoms with van der Waals surface area (Å²) in [4.78, 5) is 6.34. The normalized spacial score (nSPS) is 20.0. The fraction of sp³-hybridized carbons (Fsp3) is 0.409. The fourth-order valence-electron chi connectivity index (χ4n) is 3.87. The van der Waals surface area contributed by atoms with Gasteiger partial charge in [-0.2, -0.15) is 18.3 Å². The molecule has 1 aromatic carbocycles. The number of methoxy groups -OCH3 is 1. The van der Waals surface area contributed by atoms with Gasteiger partial charge in [0.05, 0.1) is 41.2 Å². The van der Waals surface area contributed by atoms with Crippen molar-refractivity contribution in [2.45, 2.75) is 38.3 Å². The first-order valence-electron chi connectivity index (χ1n) is 10.2. The lowest BCUT2D eigenvalue weighted by molar-refractivity contribution is -0.137. The SMILES string of the molecule is COC1CN(c2cnc3c(C)nnc(N[C@H](C)c4cccc(C(F)(F)F)c4)c3c2)CC1F. The highest BCUT2D eigenvalue weighted by atomic mass is 19.4. The van der Waals surface area contributed by atoms with Gasteiger partial charge >= 0.3 is 6.18 Å².